The van der Waals surface area contributed by atoms with Crippen molar-refractivity contribution in [3.8, 4) is 0 Å². The SMILES string of the molecule is CC(C)(C)C.CCCN(CCC)c1ccc2c(c1)nc(C(C)(C)C)n2C.CCCN(CCC)c1ccccc1. The minimum Gasteiger partial charge on any atom is -0.372 e. The van der Waals surface area contributed by atoms with E-state index in [4.69, 9.17) is 4.98 Å². The number of hydrogen-bond donors (Lipinski definition) is 0. The fraction of sp³-hybridized carbons (Fsp3) is 0.629. The lowest BCUT2D eigenvalue weighted by molar-refractivity contribution is 0.469. The van der Waals surface area contributed by atoms with E-state index in [1.54, 1.807) is 0 Å². The Kier molecular flexibility index (Phi) is 14.7. The number of benzene rings is 2. The summed E-state index contributed by atoms with van der Waals surface area (Å²) in [5.41, 5.74) is 5.55. The largest absolute Gasteiger partial charge is 0.372 e. The maximum atomic E-state index is 4.88. The summed E-state index contributed by atoms with van der Waals surface area (Å²) in [5.74, 6) is 1.15. The number of rotatable bonds is 10. The lowest BCUT2D eigenvalue weighted by Crippen LogP contribution is -2.24. The van der Waals surface area contributed by atoms with Crippen LogP contribution in [0.15, 0.2) is 48.5 Å². The van der Waals surface area contributed by atoms with Crippen LogP contribution in [0.3, 0.4) is 0 Å². The first-order chi connectivity index (χ1) is 18.3. The van der Waals surface area contributed by atoms with Gasteiger partial charge in [0.1, 0.15) is 5.82 Å². The predicted octanol–water partition coefficient (Wildman–Crippen LogP) is 9.86. The Labute approximate surface area is 241 Å². The van der Waals surface area contributed by atoms with Crippen LogP contribution in [0, 0.1) is 5.41 Å². The average molecular weight is 537 g/mol. The summed E-state index contributed by atoms with van der Waals surface area (Å²) in [6, 6.07) is 17.3. The second-order valence-corrected chi connectivity index (χ2v) is 13.2. The third-order valence-electron chi connectivity index (χ3n) is 6.00. The van der Waals surface area contributed by atoms with Gasteiger partial charge in [0.15, 0.2) is 0 Å². The van der Waals surface area contributed by atoms with Gasteiger partial charge in [0, 0.05) is 50.0 Å². The van der Waals surface area contributed by atoms with Gasteiger partial charge in [-0.1, -0.05) is 94.4 Å². The molecule has 220 valence electrons. The molecular weight excluding hydrogens is 476 g/mol. The maximum absolute atomic E-state index is 4.88. The molecule has 0 unspecified atom stereocenters. The number of imidazole rings is 1. The van der Waals surface area contributed by atoms with Crippen molar-refractivity contribution in [2.24, 2.45) is 12.5 Å². The number of para-hydroxylation sites is 1. The van der Waals surface area contributed by atoms with Gasteiger partial charge in [-0.05, 0) is 61.4 Å². The number of hydrogen-bond acceptors (Lipinski definition) is 3. The minimum atomic E-state index is 0.0699. The van der Waals surface area contributed by atoms with Crippen LogP contribution in [-0.2, 0) is 12.5 Å². The number of anilines is 2. The van der Waals surface area contributed by atoms with Gasteiger partial charge in [-0.2, -0.15) is 0 Å². The highest BCUT2D eigenvalue weighted by atomic mass is 15.1. The van der Waals surface area contributed by atoms with Crippen LogP contribution in [0.2, 0.25) is 0 Å². The topological polar surface area (TPSA) is 24.3 Å². The van der Waals surface area contributed by atoms with Crippen LogP contribution >= 0.6 is 0 Å². The molecule has 0 radical (unpaired) electrons. The Balaban J connectivity index is 0.000000359. The number of nitrogens with zero attached hydrogens (tertiary/aromatic N) is 4. The molecule has 0 aliphatic carbocycles. The van der Waals surface area contributed by atoms with Crippen molar-refractivity contribution >= 4 is 22.4 Å². The van der Waals surface area contributed by atoms with Crippen molar-refractivity contribution in [1.82, 2.24) is 9.55 Å². The highest BCUT2D eigenvalue weighted by Crippen LogP contribution is 2.28. The van der Waals surface area contributed by atoms with E-state index >= 15 is 0 Å². The predicted molar refractivity (Wildman–Crippen MR) is 177 cm³/mol. The minimum absolute atomic E-state index is 0.0699. The molecule has 1 aromatic heterocycles. The molecule has 0 N–H and O–H groups in total. The molecule has 0 aliphatic rings. The molecule has 0 fully saturated rings. The molecule has 4 nitrogen and oxygen atoms in total. The van der Waals surface area contributed by atoms with Gasteiger partial charge in [0.05, 0.1) is 11.0 Å². The van der Waals surface area contributed by atoms with Gasteiger partial charge in [0.25, 0.3) is 0 Å². The van der Waals surface area contributed by atoms with Crippen molar-refractivity contribution in [1.29, 1.82) is 0 Å². The van der Waals surface area contributed by atoms with Crippen molar-refractivity contribution in [3.63, 3.8) is 0 Å². The Hall–Kier alpha value is -2.49. The lowest BCUT2D eigenvalue weighted by atomic mass is 9.96. The average Bonchev–Trinajstić information content (AvgIpc) is 3.20. The van der Waals surface area contributed by atoms with Crippen LogP contribution in [0.25, 0.3) is 11.0 Å². The normalized spacial score (nSPS) is 11.4. The Morgan fingerprint density at radius 2 is 1.08 bits per heavy atom. The van der Waals surface area contributed by atoms with Crippen molar-refractivity contribution < 1.29 is 0 Å². The summed E-state index contributed by atoms with van der Waals surface area (Å²) < 4.78 is 2.23. The van der Waals surface area contributed by atoms with Crippen LogP contribution in [0.1, 0.15) is 108 Å². The molecule has 2 aromatic carbocycles. The number of fused-ring (bicyclic) bond motifs is 1. The molecule has 0 saturated heterocycles. The second-order valence-electron chi connectivity index (χ2n) is 13.2. The van der Waals surface area contributed by atoms with Gasteiger partial charge < -0.3 is 14.4 Å². The molecule has 3 aromatic rings. The van der Waals surface area contributed by atoms with Gasteiger partial charge in [-0.25, -0.2) is 4.98 Å². The summed E-state index contributed by atoms with van der Waals surface area (Å²) in [5, 5.41) is 0. The molecule has 4 heteroatoms. The molecule has 0 saturated carbocycles. The van der Waals surface area contributed by atoms with Gasteiger partial charge in [-0.3, -0.25) is 0 Å². The summed E-state index contributed by atoms with van der Waals surface area (Å²) in [4.78, 5) is 9.79. The van der Waals surface area contributed by atoms with E-state index in [0.29, 0.717) is 5.41 Å². The highest BCUT2D eigenvalue weighted by molar-refractivity contribution is 5.80. The summed E-state index contributed by atoms with van der Waals surface area (Å²) >= 11 is 0. The van der Waals surface area contributed by atoms with Crippen molar-refractivity contribution in [2.45, 2.75) is 107 Å². The molecule has 0 aliphatic heterocycles. The Morgan fingerprint density at radius 3 is 1.49 bits per heavy atom. The third kappa shape index (κ3) is 12.5. The van der Waals surface area contributed by atoms with E-state index in [-0.39, 0.29) is 5.41 Å². The van der Waals surface area contributed by atoms with Gasteiger partial charge in [-0.15, -0.1) is 0 Å². The number of aromatic nitrogens is 2. The van der Waals surface area contributed by atoms with Crippen molar-refractivity contribution in [3.05, 3.63) is 54.4 Å². The Bertz CT molecular complexity index is 1040. The fourth-order valence-corrected chi connectivity index (χ4v) is 4.51. The standard InChI is InChI=1S/C18H29N3.C12H19N.C5H12/c1-7-11-21(12-8-2)14-9-10-16-15(13-14)19-17(20(16)6)18(3,4)5;1-3-10-13(11-4-2)12-8-6-5-7-9-12;1-5(2,3)4/h9-10,13H,7-8,11-12H2,1-6H3;5-9H,3-4,10-11H2,1-2H3;1-4H3. The lowest BCUT2D eigenvalue weighted by Gasteiger charge is -2.23. The monoisotopic (exact) mass is 536 g/mol. The van der Waals surface area contributed by atoms with E-state index < -0.39 is 0 Å². The van der Waals surface area contributed by atoms with Crippen LogP contribution in [0.5, 0.6) is 0 Å². The Morgan fingerprint density at radius 1 is 0.641 bits per heavy atom. The zero-order valence-electron chi connectivity index (χ0n) is 27.6. The zero-order valence-corrected chi connectivity index (χ0v) is 27.6. The molecule has 0 spiro atoms. The molecule has 0 amide bonds. The smallest absolute Gasteiger partial charge is 0.115 e. The first-order valence-corrected chi connectivity index (χ1v) is 15.3. The zero-order chi connectivity index (χ0) is 29.6. The summed E-state index contributed by atoms with van der Waals surface area (Å²) in [7, 11) is 2.12. The molecule has 0 atom stereocenters. The maximum Gasteiger partial charge on any atom is 0.115 e. The quantitative estimate of drug-likeness (QED) is 0.258. The van der Waals surface area contributed by atoms with E-state index in [0.717, 1.165) is 37.5 Å². The van der Waals surface area contributed by atoms with Crippen LogP contribution in [-0.4, -0.2) is 35.7 Å². The van der Waals surface area contributed by atoms with Gasteiger partial charge >= 0.3 is 0 Å². The van der Waals surface area contributed by atoms with E-state index in [9.17, 15) is 0 Å². The third-order valence-corrected chi connectivity index (χ3v) is 6.00. The molecule has 3 rings (SSSR count). The fourth-order valence-electron chi connectivity index (χ4n) is 4.51. The molecule has 39 heavy (non-hydrogen) atoms. The van der Waals surface area contributed by atoms with E-state index in [1.807, 2.05) is 0 Å². The second kappa shape index (κ2) is 16.6. The van der Waals surface area contributed by atoms with Crippen molar-refractivity contribution in [2.75, 3.05) is 36.0 Å². The molecule has 0 bridgehead atoms. The molecular formula is C35H60N4. The van der Waals surface area contributed by atoms with E-state index in [1.165, 1.54) is 42.6 Å². The van der Waals surface area contributed by atoms with Gasteiger partial charge in [0.2, 0.25) is 0 Å². The summed E-state index contributed by atoms with van der Waals surface area (Å²) in [6.45, 7) is 28.9. The van der Waals surface area contributed by atoms with Crippen LogP contribution in [0.4, 0.5) is 11.4 Å². The summed E-state index contributed by atoms with van der Waals surface area (Å²) in [6.07, 6.45) is 4.78. The number of aryl methyl sites for hydroxylation is 1. The highest BCUT2D eigenvalue weighted by Gasteiger charge is 2.21. The first kappa shape index (κ1) is 34.5. The van der Waals surface area contributed by atoms with Crippen LogP contribution < -0.4 is 9.80 Å². The molecule has 1 heterocycles. The van der Waals surface area contributed by atoms with E-state index in [2.05, 4.69) is 146 Å². The first-order valence-electron chi connectivity index (χ1n) is 15.3.